The van der Waals surface area contributed by atoms with E-state index >= 15 is 0 Å². The van der Waals surface area contributed by atoms with E-state index in [0.29, 0.717) is 18.8 Å². The Morgan fingerprint density at radius 1 is 1.24 bits per heavy atom. The zero-order valence-corrected chi connectivity index (χ0v) is 10.7. The Bertz CT molecular complexity index is 315. The summed E-state index contributed by atoms with van der Waals surface area (Å²) in [6, 6.07) is 6.72. The molecule has 0 aliphatic carbocycles. The van der Waals surface area contributed by atoms with Gasteiger partial charge in [0.15, 0.2) is 0 Å². The van der Waals surface area contributed by atoms with Crippen molar-refractivity contribution in [2.24, 2.45) is 5.92 Å². The van der Waals surface area contributed by atoms with Gasteiger partial charge in [0.1, 0.15) is 5.82 Å². The minimum absolute atomic E-state index is 0.194. The van der Waals surface area contributed by atoms with Gasteiger partial charge >= 0.3 is 0 Å². The Hall–Kier alpha value is -0.930. The van der Waals surface area contributed by atoms with Gasteiger partial charge in [-0.3, -0.25) is 0 Å². The molecule has 0 bridgehead atoms. The van der Waals surface area contributed by atoms with Crippen LogP contribution in [0.2, 0.25) is 0 Å². The fourth-order valence-electron chi connectivity index (χ4n) is 1.46. The van der Waals surface area contributed by atoms with E-state index in [1.807, 2.05) is 6.07 Å². The number of nitrogens with one attached hydrogen (secondary N) is 1. The minimum Gasteiger partial charge on any atom is -0.375 e. The first-order chi connectivity index (χ1) is 8.20. The highest BCUT2D eigenvalue weighted by Crippen LogP contribution is 2.07. The van der Waals surface area contributed by atoms with Crippen molar-refractivity contribution in [3.05, 3.63) is 35.6 Å². The van der Waals surface area contributed by atoms with Gasteiger partial charge in [-0.25, -0.2) is 4.39 Å². The molecule has 96 valence electrons. The molecule has 1 aromatic rings. The van der Waals surface area contributed by atoms with E-state index in [4.69, 9.17) is 4.74 Å². The molecule has 2 nitrogen and oxygen atoms in total. The van der Waals surface area contributed by atoms with Crippen LogP contribution < -0.4 is 5.32 Å². The van der Waals surface area contributed by atoms with E-state index < -0.39 is 0 Å². The van der Waals surface area contributed by atoms with E-state index in [9.17, 15) is 4.39 Å². The van der Waals surface area contributed by atoms with Gasteiger partial charge in [-0.15, -0.1) is 0 Å². The maximum atomic E-state index is 13.2. The fourth-order valence-corrected chi connectivity index (χ4v) is 1.46. The van der Waals surface area contributed by atoms with Crippen LogP contribution in [0.5, 0.6) is 0 Å². The van der Waals surface area contributed by atoms with E-state index in [-0.39, 0.29) is 5.82 Å². The van der Waals surface area contributed by atoms with Crippen LogP contribution >= 0.6 is 0 Å². The quantitative estimate of drug-likeness (QED) is 0.704. The summed E-state index contributed by atoms with van der Waals surface area (Å²) in [6.07, 6.45) is 1.17. The molecule has 0 saturated carbocycles. The fraction of sp³-hybridized carbons (Fsp3) is 0.571. The topological polar surface area (TPSA) is 21.3 Å². The summed E-state index contributed by atoms with van der Waals surface area (Å²) >= 11 is 0. The molecule has 3 heteroatoms. The second kappa shape index (κ2) is 8.20. The Morgan fingerprint density at radius 2 is 2.00 bits per heavy atom. The van der Waals surface area contributed by atoms with Gasteiger partial charge in [0.05, 0.1) is 13.2 Å². The highest BCUT2D eigenvalue weighted by Gasteiger charge is 1.99. The maximum Gasteiger partial charge on any atom is 0.128 e. The van der Waals surface area contributed by atoms with Crippen LogP contribution in [0.1, 0.15) is 25.8 Å². The third-order valence-electron chi connectivity index (χ3n) is 2.54. The zero-order chi connectivity index (χ0) is 12.5. The lowest BCUT2D eigenvalue weighted by molar-refractivity contribution is 0.120. The first-order valence-corrected chi connectivity index (χ1v) is 6.22. The molecule has 0 amide bonds. The van der Waals surface area contributed by atoms with Crippen LogP contribution in [0.25, 0.3) is 0 Å². The molecule has 0 radical (unpaired) electrons. The number of benzene rings is 1. The molecular weight excluding hydrogens is 217 g/mol. The van der Waals surface area contributed by atoms with Crippen molar-refractivity contribution in [3.8, 4) is 0 Å². The van der Waals surface area contributed by atoms with E-state index in [1.54, 1.807) is 12.1 Å². The third kappa shape index (κ3) is 6.39. The van der Waals surface area contributed by atoms with Gasteiger partial charge in [-0.2, -0.15) is 0 Å². The van der Waals surface area contributed by atoms with Crippen LogP contribution in [-0.2, 0) is 11.3 Å². The smallest absolute Gasteiger partial charge is 0.128 e. The third-order valence-corrected chi connectivity index (χ3v) is 2.54. The molecule has 0 fully saturated rings. The number of rotatable bonds is 8. The van der Waals surface area contributed by atoms with Gasteiger partial charge in [-0.1, -0.05) is 32.0 Å². The minimum atomic E-state index is -0.194. The van der Waals surface area contributed by atoms with Gasteiger partial charge in [0.2, 0.25) is 0 Å². The first-order valence-electron chi connectivity index (χ1n) is 6.22. The highest BCUT2D eigenvalue weighted by atomic mass is 19.1. The molecule has 0 spiro atoms. The molecule has 0 aromatic heterocycles. The van der Waals surface area contributed by atoms with Crippen molar-refractivity contribution >= 4 is 0 Å². The Balaban J connectivity index is 2.03. The molecule has 17 heavy (non-hydrogen) atoms. The van der Waals surface area contributed by atoms with Crippen molar-refractivity contribution < 1.29 is 9.13 Å². The SMILES string of the molecule is CC(C)CCNCCOCc1ccccc1F. The van der Waals surface area contributed by atoms with Crippen LogP contribution in [-0.4, -0.2) is 19.7 Å². The van der Waals surface area contributed by atoms with Crippen LogP contribution in [0.15, 0.2) is 24.3 Å². The standard InChI is InChI=1S/C14H22FNO/c1-12(2)7-8-16-9-10-17-11-13-5-3-4-6-14(13)15/h3-6,12,16H,7-11H2,1-2H3. The molecule has 0 heterocycles. The number of hydrogen-bond donors (Lipinski definition) is 1. The average molecular weight is 239 g/mol. The summed E-state index contributed by atoms with van der Waals surface area (Å²) < 4.78 is 18.6. The average Bonchev–Trinajstić information content (AvgIpc) is 2.30. The molecule has 1 rings (SSSR count). The van der Waals surface area contributed by atoms with Gasteiger partial charge < -0.3 is 10.1 Å². The number of hydrogen-bond acceptors (Lipinski definition) is 2. The van der Waals surface area contributed by atoms with Crippen molar-refractivity contribution in [2.75, 3.05) is 19.7 Å². The van der Waals surface area contributed by atoms with E-state index in [0.717, 1.165) is 19.0 Å². The number of ether oxygens (including phenoxy) is 1. The molecule has 0 atom stereocenters. The normalized spacial score (nSPS) is 11.1. The molecule has 0 unspecified atom stereocenters. The van der Waals surface area contributed by atoms with Gasteiger partial charge in [0, 0.05) is 12.1 Å². The Labute approximate surface area is 103 Å². The number of halogens is 1. The Kier molecular flexibility index (Phi) is 6.82. The second-order valence-electron chi connectivity index (χ2n) is 4.58. The zero-order valence-electron chi connectivity index (χ0n) is 10.7. The lowest BCUT2D eigenvalue weighted by Gasteiger charge is -2.08. The summed E-state index contributed by atoms with van der Waals surface area (Å²) in [7, 11) is 0. The molecule has 1 N–H and O–H groups in total. The maximum absolute atomic E-state index is 13.2. The summed E-state index contributed by atoms with van der Waals surface area (Å²) in [6.45, 7) is 7.21. The lowest BCUT2D eigenvalue weighted by atomic mass is 10.1. The highest BCUT2D eigenvalue weighted by molar-refractivity contribution is 5.16. The molecule has 0 saturated heterocycles. The first kappa shape index (κ1) is 14.1. The van der Waals surface area contributed by atoms with Crippen molar-refractivity contribution in [1.29, 1.82) is 0 Å². The van der Waals surface area contributed by atoms with Crippen molar-refractivity contribution in [2.45, 2.75) is 26.9 Å². The largest absolute Gasteiger partial charge is 0.375 e. The van der Waals surface area contributed by atoms with Crippen LogP contribution in [0.3, 0.4) is 0 Å². The molecule has 0 aliphatic heterocycles. The van der Waals surface area contributed by atoms with E-state index in [1.165, 1.54) is 12.5 Å². The summed E-state index contributed by atoms with van der Waals surface area (Å²) in [5.41, 5.74) is 0.620. The summed E-state index contributed by atoms with van der Waals surface area (Å²) in [5, 5.41) is 3.30. The second-order valence-corrected chi connectivity index (χ2v) is 4.58. The lowest BCUT2D eigenvalue weighted by Crippen LogP contribution is -2.21. The van der Waals surface area contributed by atoms with Gasteiger partial charge in [-0.05, 0) is 24.9 Å². The Morgan fingerprint density at radius 3 is 2.71 bits per heavy atom. The molecule has 0 aliphatic rings. The predicted octanol–water partition coefficient (Wildman–Crippen LogP) is 2.98. The van der Waals surface area contributed by atoms with Crippen LogP contribution in [0.4, 0.5) is 4.39 Å². The summed E-state index contributed by atoms with van der Waals surface area (Å²) in [4.78, 5) is 0. The van der Waals surface area contributed by atoms with Crippen LogP contribution in [0, 0.1) is 11.7 Å². The van der Waals surface area contributed by atoms with Crippen molar-refractivity contribution in [1.82, 2.24) is 5.32 Å². The summed E-state index contributed by atoms with van der Waals surface area (Å²) in [5.74, 6) is 0.530. The predicted molar refractivity (Wildman–Crippen MR) is 68.4 cm³/mol. The molecular formula is C14H22FNO. The van der Waals surface area contributed by atoms with Crippen molar-refractivity contribution in [3.63, 3.8) is 0 Å². The van der Waals surface area contributed by atoms with Gasteiger partial charge in [0.25, 0.3) is 0 Å². The molecule has 1 aromatic carbocycles. The monoisotopic (exact) mass is 239 g/mol. The van der Waals surface area contributed by atoms with E-state index in [2.05, 4.69) is 19.2 Å².